The van der Waals surface area contributed by atoms with Crippen LogP contribution in [-0.2, 0) is 0 Å². The molecule has 0 bridgehead atoms. The molecule has 0 radical (unpaired) electrons. The molecule has 0 fully saturated rings. The van der Waals surface area contributed by atoms with Crippen molar-refractivity contribution in [3.05, 3.63) is 70.8 Å². The second-order valence-electron chi connectivity index (χ2n) is 9.09. The number of hydrogen-bond donors (Lipinski definition) is 0. The predicted molar refractivity (Wildman–Crippen MR) is 143 cm³/mol. The summed E-state index contributed by atoms with van der Waals surface area (Å²) in [5, 5.41) is 0. The molecule has 2 heteroatoms. The van der Waals surface area contributed by atoms with Gasteiger partial charge in [0.1, 0.15) is 16.1 Å². The Morgan fingerprint density at radius 1 is 0.406 bits per heavy atom. The zero-order valence-electron chi connectivity index (χ0n) is 19.6. The number of benzene rings is 2. The second kappa shape index (κ2) is 11.6. The van der Waals surface area contributed by atoms with Crippen molar-refractivity contribution < 1.29 is 0 Å². The first-order valence-corrected chi connectivity index (χ1v) is 17.4. The average molecular weight is 443 g/mol. The Bertz CT molecular complexity index is 1250. The van der Waals surface area contributed by atoms with Crippen LogP contribution in [0.4, 0.5) is 0 Å². The van der Waals surface area contributed by atoms with Crippen LogP contribution >= 0.6 is 0 Å². The molecule has 2 rings (SSSR count). The summed E-state index contributed by atoms with van der Waals surface area (Å²) in [6.07, 6.45) is 0. The van der Waals surface area contributed by atoms with E-state index in [4.69, 9.17) is 0 Å². The minimum absolute atomic E-state index is 0.885. The zero-order valence-corrected chi connectivity index (χ0v) is 21.6. The molecule has 0 spiro atoms. The van der Waals surface area contributed by atoms with Crippen LogP contribution < -0.4 is 0 Å². The second-order valence-corrected chi connectivity index (χ2v) is 18.6. The molecule has 0 nitrogen and oxygen atoms in total. The fourth-order valence-corrected chi connectivity index (χ4v) is 3.25. The van der Waals surface area contributed by atoms with Crippen molar-refractivity contribution in [2.75, 3.05) is 0 Å². The summed E-state index contributed by atoms with van der Waals surface area (Å²) in [6.45, 7) is 13.3. The molecule has 0 aliphatic carbocycles. The molecule has 2 aromatic carbocycles. The largest absolute Gasteiger partial charge is 0.129 e. The highest BCUT2D eigenvalue weighted by Crippen LogP contribution is 2.08. The molecule has 0 atom stereocenters. The number of hydrogen-bond acceptors (Lipinski definition) is 0. The van der Waals surface area contributed by atoms with Gasteiger partial charge in [-0.1, -0.05) is 87.2 Å². The van der Waals surface area contributed by atoms with Gasteiger partial charge in [0.2, 0.25) is 0 Å². The number of rotatable bonds is 0. The standard InChI is InChI=1S/C30H26Si2/c1-31(2,3)25-23-29-21-15-13-19-27(29)17-11-9-7-8-10-12-18-28-20-14-16-22-30(28)24-26-32(4,5)6/h13-16,19-22H,1-6H3. The first-order chi connectivity index (χ1) is 15.1. The summed E-state index contributed by atoms with van der Waals surface area (Å²) in [4.78, 5) is 0. The monoisotopic (exact) mass is 442 g/mol. The Balaban J connectivity index is 2.13. The van der Waals surface area contributed by atoms with Crippen LogP contribution in [0.2, 0.25) is 39.3 Å². The van der Waals surface area contributed by atoms with Gasteiger partial charge in [-0.05, 0) is 59.8 Å². The lowest BCUT2D eigenvalue weighted by atomic mass is 10.1. The molecule has 0 aromatic heterocycles. The third-order valence-electron chi connectivity index (χ3n) is 3.71. The van der Waals surface area contributed by atoms with Gasteiger partial charge in [-0.3, -0.25) is 0 Å². The predicted octanol–water partition coefficient (Wildman–Crippen LogP) is 5.55. The molecule has 32 heavy (non-hydrogen) atoms. The van der Waals surface area contributed by atoms with E-state index in [2.05, 4.69) is 110 Å². The van der Waals surface area contributed by atoms with Crippen LogP contribution in [0.5, 0.6) is 0 Å². The molecule has 0 saturated heterocycles. The van der Waals surface area contributed by atoms with Crippen molar-refractivity contribution in [3.8, 4) is 70.3 Å². The van der Waals surface area contributed by atoms with Gasteiger partial charge in [-0.25, -0.2) is 0 Å². The van der Waals surface area contributed by atoms with Crippen molar-refractivity contribution in [2.24, 2.45) is 0 Å². The summed E-state index contributed by atoms with van der Waals surface area (Å²) in [6, 6.07) is 15.8. The Hall–Kier alpha value is -3.77. The maximum absolute atomic E-state index is 3.38. The molecule has 0 amide bonds. The summed E-state index contributed by atoms with van der Waals surface area (Å²) in [5.41, 5.74) is 10.4. The lowest BCUT2D eigenvalue weighted by molar-refractivity contribution is 1.59. The van der Waals surface area contributed by atoms with Crippen LogP contribution in [0.15, 0.2) is 48.5 Å². The molecule has 2 aromatic rings. The van der Waals surface area contributed by atoms with Gasteiger partial charge in [0.15, 0.2) is 0 Å². The Kier molecular flexibility index (Phi) is 8.87. The van der Waals surface area contributed by atoms with Crippen molar-refractivity contribution in [1.29, 1.82) is 0 Å². The molecule has 0 saturated carbocycles. The maximum atomic E-state index is 3.38. The van der Waals surface area contributed by atoms with Gasteiger partial charge in [0.05, 0.1) is 0 Å². The zero-order chi connectivity index (χ0) is 23.5. The van der Waals surface area contributed by atoms with E-state index in [0.717, 1.165) is 22.3 Å². The fourth-order valence-electron chi connectivity index (χ4n) is 2.23. The molecule has 0 heterocycles. The van der Waals surface area contributed by atoms with E-state index in [0.29, 0.717) is 0 Å². The van der Waals surface area contributed by atoms with Crippen LogP contribution in [0.25, 0.3) is 0 Å². The molecule has 0 aliphatic rings. The van der Waals surface area contributed by atoms with Crippen LogP contribution in [0, 0.1) is 70.3 Å². The first kappa shape index (κ1) is 24.5. The third kappa shape index (κ3) is 9.82. The molecular weight excluding hydrogens is 417 g/mol. The van der Waals surface area contributed by atoms with E-state index in [1.807, 2.05) is 48.5 Å². The molecule has 0 unspecified atom stereocenters. The third-order valence-corrected chi connectivity index (χ3v) is 5.46. The van der Waals surface area contributed by atoms with Gasteiger partial charge in [-0.15, -0.1) is 11.1 Å². The summed E-state index contributed by atoms with van der Waals surface area (Å²) in [7, 11) is -2.87. The van der Waals surface area contributed by atoms with E-state index in [1.165, 1.54) is 0 Å². The minimum atomic E-state index is -1.44. The Morgan fingerprint density at radius 2 is 0.688 bits per heavy atom. The molecular formula is C30H26Si2. The summed E-state index contributed by atoms with van der Waals surface area (Å²) < 4.78 is 0. The van der Waals surface area contributed by atoms with Gasteiger partial charge < -0.3 is 0 Å². The lowest BCUT2D eigenvalue weighted by Crippen LogP contribution is -2.16. The van der Waals surface area contributed by atoms with Gasteiger partial charge >= 0.3 is 0 Å². The van der Waals surface area contributed by atoms with Gasteiger partial charge in [-0.2, -0.15) is 0 Å². The van der Waals surface area contributed by atoms with Gasteiger partial charge in [0, 0.05) is 22.3 Å². The average Bonchev–Trinajstić information content (AvgIpc) is 2.73. The summed E-state index contributed by atoms with van der Waals surface area (Å²) in [5.74, 6) is 29.4. The molecule has 0 N–H and O–H groups in total. The quantitative estimate of drug-likeness (QED) is 0.370. The van der Waals surface area contributed by atoms with E-state index < -0.39 is 16.1 Å². The van der Waals surface area contributed by atoms with Crippen molar-refractivity contribution in [2.45, 2.75) is 39.3 Å². The molecule has 154 valence electrons. The molecule has 0 aliphatic heterocycles. The van der Waals surface area contributed by atoms with E-state index in [-0.39, 0.29) is 0 Å². The van der Waals surface area contributed by atoms with E-state index in [1.54, 1.807) is 0 Å². The minimum Gasteiger partial charge on any atom is -0.127 e. The maximum Gasteiger partial charge on any atom is 0.129 e. The fraction of sp³-hybridized carbons (Fsp3) is 0.200. The SMILES string of the molecule is C[Si](C)(C)C#Cc1ccccc1C#CC#CC#CC#Cc1ccccc1C#C[Si](C)(C)C. The first-order valence-electron chi connectivity index (χ1n) is 10.4. The smallest absolute Gasteiger partial charge is 0.127 e. The van der Waals surface area contributed by atoms with E-state index in [9.17, 15) is 0 Å². The van der Waals surface area contributed by atoms with Crippen molar-refractivity contribution in [3.63, 3.8) is 0 Å². The Morgan fingerprint density at radius 3 is 1.00 bits per heavy atom. The lowest BCUT2D eigenvalue weighted by Gasteiger charge is -2.03. The van der Waals surface area contributed by atoms with Crippen molar-refractivity contribution >= 4 is 16.1 Å². The van der Waals surface area contributed by atoms with Crippen molar-refractivity contribution in [1.82, 2.24) is 0 Å². The summed E-state index contributed by atoms with van der Waals surface area (Å²) >= 11 is 0. The van der Waals surface area contributed by atoms with Crippen LogP contribution in [0.3, 0.4) is 0 Å². The highest BCUT2D eigenvalue weighted by atomic mass is 28.3. The normalized spacial score (nSPS) is 9.31. The van der Waals surface area contributed by atoms with Crippen LogP contribution in [-0.4, -0.2) is 16.1 Å². The Labute approximate surface area is 196 Å². The topological polar surface area (TPSA) is 0 Å². The van der Waals surface area contributed by atoms with Crippen LogP contribution in [0.1, 0.15) is 22.3 Å². The van der Waals surface area contributed by atoms with Gasteiger partial charge in [0.25, 0.3) is 0 Å². The highest BCUT2D eigenvalue weighted by molar-refractivity contribution is 6.84. The van der Waals surface area contributed by atoms with E-state index >= 15 is 0 Å². The highest BCUT2D eigenvalue weighted by Gasteiger charge is 2.08.